The Balaban J connectivity index is 1.78. The van der Waals surface area contributed by atoms with Gasteiger partial charge in [0.25, 0.3) is 0 Å². The number of carbonyl (C=O) groups excluding carboxylic acids is 1. The van der Waals surface area contributed by atoms with Gasteiger partial charge in [0.2, 0.25) is 5.91 Å². The number of methoxy groups -OCH3 is 1. The summed E-state index contributed by atoms with van der Waals surface area (Å²) in [5.74, 6) is 0.229. The number of rotatable bonds is 6. The third-order valence-electron chi connectivity index (χ3n) is 3.26. The van der Waals surface area contributed by atoms with Crippen LogP contribution in [0.2, 0.25) is 0 Å². The molecule has 98 valence electrons. The summed E-state index contributed by atoms with van der Waals surface area (Å²) in [4.78, 5) is 14.1. The zero-order chi connectivity index (χ0) is 12.1. The van der Waals surface area contributed by atoms with Crippen LogP contribution < -0.4 is 5.32 Å². The molecule has 1 atom stereocenters. The van der Waals surface area contributed by atoms with Crippen molar-refractivity contribution in [1.82, 2.24) is 10.2 Å². The molecule has 1 saturated carbocycles. The zero-order valence-electron chi connectivity index (χ0n) is 10.5. The van der Waals surface area contributed by atoms with E-state index in [0.29, 0.717) is 32.2 Å². The summed E-state index contributed by atoms with van der Waals surface area (Å²) in [6.45, 7) is 3.58. The molecule has 1 heterocycles. The van der Waals surface area contributed by atoms with Gasteiger partial charge in [0.05, 0.1) is 19.8 Å². The Bertz CT molecular complexity index is 250. The summed E-state index contributed by atoms with van der Waals surface area (Å²) < 4.78 is 10.4. The quantitative estimate of drug-likeness (QED) is 0.712. The van der Waals surface area contributed by atoms with E-state index in [9.17, 15) is 4.79 Å². The van der Waals surface area contributed by atoms with E-state index in [2.05, 4.69) is 5.32 Å². The molecule has 2 fully saturated rings. The van der Waals surface area contributed by atoms with Crippen LogP contribution in [-0.2, 0) is 14.3 Å². The van der Waals surface area contributed by atoms with Gasteiger partial charge in [-0.05, 0) is 12.8 Å². The molecule has 1 N–H and O–H groups in total. The molecule has 1 aliphatic heterocycles. The van der Waals surface area contributed by atoms with Gasteiger partial charge in [0.1, 0.15) is 0 Å². The van der Waals surface area contributed by atoms with Crippen LogP contribution >= 0.6 is 0 Å². The lowest BCUT2D eigenvalue weighted by molar-refractivity contribution is -0.133. The van der Waals surface area contributed by atoms with Gasteiger partial charge >= 0.3 is 0 Å². The Labute approximate surface area is 102 Å². The summed E-state index contributed by atoms with van der Waals surface area (Å²) in [7, 11) is 1.67. The Hall–Kier alpha value is -0.650. The Morgan fingerprint density at radius 3 is 2.94 bits per heavy atom. The van der Waals surface area contributed by atoms with Crippen molar-refractivity contribution in [1.29, 1.82) is 0 Å². The van der Waals surface area contributed by atoms with Crippen LogP contribution in [0, 0.1) is 0 Å². The van der Waals surface area contributed by atoms with Crippen molar-refractivity contribution in [2.75, 3.05) is 40.0 Å². The molecule has 5 heteroatoms. The molecule has 0 aromatic rings. The minimum atomic E-state index is 0.181. The highest BCUT2D eigenvalue weighted by molar-refractivity contribution is 5.77. The third-order valence-corrected chi connectivity index (χ3v) is 3.26. The number of hydrogen-bond acceptors (Lipinski definition) is 4. The standard InChI is InChI=1S/C12H22N2O3/c1-16-7-5-14(11-2-3-11)12(15)8-10-9-17-6-4-13-10/h10-11,13H,2-9H2,1H3. The van der Waals surface area contributed by atoms with Crippen LogP contribution in [0.25, 0.3) is 0 Å². The molecule has 0 aromatic heterocycles. The van der Waals surface area contributed by atoms with Crippen LogP contribution in [0.1, 0.15) is 19.3 Å². The van der Waals surface area contributed by atoms with E-state index in [1.54, 1.807) is 7.11 Å². The van der Waals surface area contributed by atoms with Gasteiger partial charge < -0.3 is 19.7 Å². The average molecular weight is 242 g/mol. The summed E-state index contributed by atoms with van der Waals surface area (Å²) in [6.07, 6.45) is 2.83. The fraction of sp³-hybridized carbons (Fsp3) is 0.917. The van der Waals surface area contributed by atoms with Crippen molar-refractivity contribution in [2.24, 2.45) is 0 Å². The molecule has 17 heavy (non-hydrogen) atoms. The molecular weight excluding hydrogens is 220 g/mol. The van der Waals surface area contributed by atoms with E-state index in [-0.39, 0.29) is 11.9 Å². The highest BCUT2D eigenvalue weighted by atomic mass is 16.5. The third kappa shape index (κ3) is 3.94. The number of hydrogen-bond donors (Lipinski definition) is 1. The number of nitrogens with one attached hydrogen (secondary N) is 1. The summed E-state index contributed by atoms with van der Waals surface area (Å²) >= 11 is 0. The van der Waals surface area contributed by atoms with Crippen molar-refractivity contribution < 1.29 is 14.3 Å². The molecule has 2 rings (SSSR count). The molecule has 0 radical (unpaired) electrons. The highest BCUT2D eigenvalue weighted by Gasteiger charge is 2.33. The van der Waals surface area contributed by atoms with Crippen molar-refractivity contribution >= 4 is 5.91 Å². The summed E-state index contributed by atoms with van der Waals surface area (Å²) in [5.41, 5.74) is 0. The van der Waals surface area contributed by atoms with Crippen molar-refractivity contribution in [2.45, 2.75) is 31.3 Å². The van der Waals surface area contributed by atoms with E-state index in [0.717, 1.165) is 26.0 Å². The SMILES string of the molecule is COCCN(C(=O)CC1COCCN1)C1CC1. The van der Waals surface area contributed by atoms with Gasteiger partial charge in [-0.3, -0.25) is 4.79 Å². The maximum atomic E-state index is 12.2. The van der Waals surface area contributed by atoms with E-state index in [1.165, 1.54) is 0 Å². The van der Waals surface area contributed by atoms with Crippen LogP contribution in [0.15, 0.2) is 0 Å². The molecule has 5 nitrogen and oxygen atoms in total. The first-order chi connectivity index (χ1) is 8.31. The average Bonchev–Trinajstić information content (AvgIpc) is 3.15. The lowest BCUT2D eigenvalue weighted by Gasteiger charge is -2.27. The number of ether oxygens (including phenoxy) is 2. The second kappa shape index (κ2) is 6.33. The van der Waals surface area contributed by atoms with Crippen LogP contribution in [0.5, 0.6) is 0 Å². The Morgan fingerprint density at radius 2 is 2.35 bits per heavy atom. The lowest BCUT2D eigenvalue weighted by Crippen LogP contribution is -2.46. The molecular formula is C12H22N2O3. The Morgan fingerprint density at radius 1 is 1.53 bits per heavy atom. The Kier molecular flexibility index (Phi) is 4.76. The van der Waals surface area contributed by atoms with Gasteiger partial charge in [-0.15, -0.1) is 0 Å². The van der Waals surface area contributed by atoms with Crippen molar-refractivity contribution in [3.63, 3.8) is 0 Å². The predicted octanol–water partition coefficient (Wildman–Crippen LogP) is 0.00230. The fourth-order valence-corrected chi connectivity index (χ4v) is 2.17. The second-order valence-corrected chi connectivity index (χ2v) is 4.74. The van der Waals surface area contributed by atoms with Gasteiger partial charge in [-0.2, -0.15) is 0 Å². The largest absolute Gasteiger partial charge is 0.383 e. The van der Waals surface area contributed by atoms with Crippen molar-refractivity contribution in [3.8, 4) is 0 Å². The van der Waals surface area contributed by atoms with Gasteiger partial charge in [-0.25, -0.2) is 0 Å². The molecule has 0 spiro atoms. The number of carbonyl (C=O) groups is 1. The molecule has 2 aliphatic rings. The highest BCUT2D eigenvalue weighted by Crippen LogP contribution is 2.27. The number of morpholine rings is 1. The lowest BCUT2D eigenvalue weighted by atomic mass is 10.2. The smallest absolute Gasteiger partial charge is 0.224 e. The minimum absolute atomic E-state index is 0.181. The predicted molar refractivity (Wildman–Crippen MR) is 63.8 cm³/mol. The van der Waals surface area contributed by atoms with Gasteiger partial charge in [-0.1, -0.05) is 0 Å². The molecule has 1 unspecified atom stereocenters. The van der Waals surface area contributed by atoms with E-state index in [1.807, 2.05) is 4.90 Å². The van der Waals surface area contributed by atoms with Crippen LogP contribution in [-0.4, -0.2) is 62.9 Å². The van der Waals surface area contributed by atoms with E-state index in [4.69, 9.17) is 9.47 Å². The topological polar surface area (TPSA) is 50.8 Å². The van der Waals surface area contributed by atoms with Crippen LogP contribution in [0.3, 0.4) is 0 Å². The summed E-state index contributed by atoms with van der Waals surface area (Å²) in [5, 5.41) is 3.32. The minimum Gasteiger partial charge on any atom is -0.383 e. The zero-order valence-corrected chi connectivity index (χ0v) is 10.5. The maximum Gasteiger partial charge on any atom is 0.224 e. The maximum absolute atomic E-state index is 12.2. The molecule has 0 bridgehead atoms. The first-order valence-electron chi connectivity index (χ1n) is 6.41. The fourth-order valence-electron chi connectivity index (χ4n) is 2.17. The molecule has 0 aromatic carbocycles. The monoisotopic (exact) mass is 242 g/mol. The second-order valence-electron chi connectivity index (χ2n) is 4.74. The first kappa shape index (κ1) is 12.8. The molecule has 1 saturated heterocycles. The number of nitrogens with zero attached hydrogens (tertiary/aromatic N) is 1. The van der Waals surface area contributed by atoms with Crippen LogP contribution in [0.4, 0.5) is 0 Å². The van der Waals surface area contributed by atoms with Gasteiger partial charge in [0, 0.05) is 38.7 Å². The number of amides is 1. The summed E-state index contributed by atoms with van der Waals surface area (Å²) in [6, 6.07) is 0.641. The van der Waals surface area contributed by atoms with E-state index >= 15 is 0 Å². The van der Waals surface area contributed by atoms with E-state index < -0.39 is 0 Å². The first-order valence-corrected chi connectivity index (χ1v) is 6.41. The molecule has 1 amide bonds. The normalized spacial score (nSPS) is 24.6. The van der Waals surface area contributed by atoms with Crippen molar-refractivity contribution in [3.05, 3.63) is 0 Å². The van der Waals surface area contributed by atoms with Gasteiger partial charge in [0.15, 0.2) is 0 Å². The molecule has 1 aliphatic carbocycles.